The zero-order chi connectivity index (χ0) is 22.1. The second-order valence-electron chi connectivity index (χ2n) is 7.50. The van der Waals surface area contributed by atoms with Crippen molar-refractivity contribution in [1.29, 1.82) is 0 Å². The van der Waals surface area contributed by atoms with Gasteiger partial charge in [0.25, 0.3) is 0 Å². The van der Waals surface area contributed by atoms with Gasteiger partial charge in [-0.05, 0) is 18.4 Å². The van der Waals surface area contributed by atoms with Crippen LogP contribution < -0.4 is 16.0 Å². The molecule has 2 aliphatic rings. The lowest BCUT2D eigenvalue weighted by atomic mass is 9.96. The van der Waals surface area contributed by atoms with E-state index >= 15 is 0 Å². The molecule has 11 heteroatoms. The number of hydrogen-bond donors (Lipinski definition) is 4. The molecule has 1 saturated heterocycles. The van der Waals surface area contributed by atoms with Gasteiger partial charge in [-0.2, -0.15) is 0 Å². The smallest absolute Gasteiger partial charge is 0.309 e. The van der Waals surface area contributed by atoms with Gasteiger partial charge < -0.3 is 25.8 Å². The molecule has 1 fully saturated rings. The quantitative estimate of drug-likeness (QED) is 0.247. The second kappa shape index (κ2) is 12.2. The fraction of sp³-hybridized carbons (Fsp3) is 0.684. The highest BCUT2D eigenvalue weighted by Gasteiger charge is 2.31. The Morgan fingerprint density at radius 1 is 1.10 bits per heavy atom. The molecular formula is C19H29N3O6S2. The monoisotopic (exact) mass is 459 g/mol. The zero-order valence-corrected chi connectivity index (χ0v) is 18.7. The number of hydrogen-bond acceptors (Lipinski definition) is 8. The summed E-state index contributed by atoms with van der Waals surface area (Å²) >= 11 is 0. The van der Waals surface area contributed by atoms with Crippen molar-refractivity contribution in [1.82, 2.24) is 16.0 Å². The molecule has 168 valence electrons. The van der Waals surface area contributed by atoms with Crippen LogP contribution >= 0.6 is 21.6 Å². The number of ether oxygens (including phenoxy) is 1. The number of fused-ring (bicyclic) bond motifs is 7. The topological polar surface area (TPSA) is 134 Å². The van der Waals surface area contributed by atoms with Crippen molar-refractivity contribution in [3.05, 3.63) is 12.2 Å². The van der Waals surface area contributed by atoms with Crippen molar-refractivity contribution >= 4 is 45.3 Å². The number of allylic oxidation sites excluding steroid dienone is 1. The van der Waals surface area contributed by atoms with Crippen LogP contribution in [0.15, 0.2) is 12.2 Å². The summed E-state index contributed by atoms with van der Waals surface area (Å²) in [6, 6.07) is -1.54. The van der Waals surface area contributed by atoms with Crippen LogP contribution in [0.3, 0.4) is 0 Å². The van der Waals surface area contributed by atoms with Crippen molar-refractivity contribution < 1.29 is 29.0 Å². The SMILES string of the molecule is CC(C)[C@H]1NC(=O)[C@H]2CSSCC/C=C/[C@H](CC(=O)NCC(=O)N2)OC(=O)CC1O. The zero-order valence-electron chi connectivity index (χ0n) is 17.1. The van der Waals surface area contributed by atoms with E-state index in [1.54, 1.807) is 16.9 Å². The van der Waals surface area contributed by atoms with Crippen LogP contribution in [0.25, 0.3) is 0 Å². The van der Waals surface area contributed by atoms with E-state index in [1.807, 2.05) is 19.9 Å². The van der Waals surface area contributed by atoms with E-state index < -0.39 is 48.0 Å². The summed E-state index contributed by atoms with van der Waals surface area (Å²) in [6.45, 7) is 3.34. The third-order valence-corrected chi connectivity index (χ3v) is 7.07. The fourth-order valence-electron chi connectivity index (χ4n) is 3.04. The molecule has 2 rings (SSSR count). The van der Waals surface area contributed by atoms with Gasteiger partial charge in [0.1, 0.15) is 12.1 Å². The van der Waals surface area contributed by atoms with Crippen molar-refractivity contribution in [2.45, 2.75) is 57.4 Å². The summed E-state index contributed by atoms with van der Waals surface area (Å²) < 4.78 is 5.39. The first kappa shape index (κ1) is 24.5. The van der Waals surface area contributed by atoms with Crippen molar-refractivity contribution in [3.63, 3.8) is 0 Å². The van der Waals surface area contributed by atoms with Crippen LogP contribution in [0.5, 0.6) is 0 Å². The van der Waals surface area contributed by atoms with Gasteiger partial charge in [-0.1, -0.05) is 41.5 Å². The van der Waals surface area contributed by atoms with E-state index in [0.717, 1.165) is 5.75 Å². The van der Waals surface area contributed by atoms with Crippen LogP contribution in [-0.2, 0) is 23.9 Å². The number of carbonyl (C=O) groups excluding carboxylic acids is 4. The Morgan fingerprint density at radius 3 is 2.60 bits per heavy atom. The summed E-state index contributed by atoms with van der Waals surface area (Å²) in [6.07, 6.45) is 1.75. The number of rotatable bonds is 1. The summed E-state index contributed by atoms with van der Waals surface area (Å²) in [7, 11) is 3.02. The molecule has 4 N–H and O–H groups in total. The van der Waals surface area contributed by atoms with E-state index in [2.05, 4.69) is 16.0 Å². The Labute approximate surface area is 183 Å². The Bertz CT molecular complexity index is 673. The van der Waals surface area contributed by atoms with Crippen LogP contribution in [0.2, 0.25) is 0 Å². The van der Waals surface area contributed by atoms with Crippen LogP contribution in [0.1, 0.15) is 33.1 Å². The summed E-state index contributed by atoms with van der Waals surface area (Å²) in [5, 5.41) is 18.5. The highest BCUT2D eigenvalue weighted by molar-refractivity contribution is 8.76. The number of esters is 1. The maximum Gasteiger partial charge on any atom is 0.309 e. The number of aliphatic hydroxyl groups excluding tert-OH is 1. The molecule has 2 heterocycles. The Balaban J connectivity index is 2.36. The maximum absolute atomic E-state index is 12.9. The van der Waals surface area contributed by atoms with E-state index in [0.29, 0.717) is 12.2 Å². The first-order chi connectivity index (χ1) is 14.3. The van der Waals surface area contributed by atoms with Crippen molar-refractivity contribution in [2.24, 2.45) is 5.92 Å². The van der Waals surface area contributed by atoms with Gasteiger partial charge in [-0.25, -0.2) is 0 Å². The van der Waals surface area contributed by atoms with E-state index in [9.17, 15) is 24.3 Å². The molecule has 30 heavy (non-hydrogen) atoms. The van der Waals surface area contributed by atoms with Gasteiger partial charge in [0, 0.05) is 11.5 Å². The van der Waals surface area contributed by atoms with Gasteiger partial charge in [-0.15, -0.1) is 0 Å². The van der Waals surface area contributed by atoms with Crippen LogP contribution in [-0.4, -0.2) is 71.1 Å². The van der Waals surface area contributed by atoms with Crippen molar-refractivity contribution in [3.8, 4) is 0 Å². The molecule has 0 aliphatic carbocycles. The molecule has 0 saturated carbocycles. The summed E-state index contributed by atoms with van der Waals surface area (Å²) in [4.78, 5) is 49.7. The molecule has 0 aromatic carbocycles. The normalized spacial score (nSPS) is 31.3. The average molecular weight is 460 g/mol. The third-order valence-electron chi connectivity index (χ3n) is 4.62. The van der Waals surface area contributed by atoms with Gasteiger partial charge in [0.2, 0.25) is 17.7 Å². The van der Waals surface area contributed by atoms with Gasteiger partial charge in [0.05, 0.1) is 31.5 Å². The molecule has 0 aromatic heterocycles. The lowest BCUT2D eigenvalue weighted by Gasteiger charge is -2.29. The largest absolute Gasteiger partial charge is 0.457 e. The minimum Gasteiger partial charge on any atom is -0.457 e. The minimum atomic E-state index is -1.17. The van der Waals surface area contributed by atoms with Crippen molar-refractivity contribution in [2.75, 3.05) is 18.1 Å². The first-order valence-corrected chi connectivity index (χ1v) is 12.4. The molecule has 9 nitrogen and oxygen atoms in total. The number of aliphatic hydroxyl groups is 1. The first-order valence-electron chi connectivity index (χ1n) is 9.91. The molecule has 0 radical (unpaired) electrons. The van der Waals surface area contributed by atoms with E-state index in [-0.39, 0.29) is 25.3 Å². The average Bonchev–Trinajstić information content (AvgIpc) is 2.67. The van der Waals surface area contributed by atoms with E-state index in [4.69, 9.17) is 4.74 Å². The lowest BCUT2D eigenvalue weighted by molar-refractivity contribution is -0.151. The second-order valence-corrected chi connectivity index (χ2v) is 10.1. The Morgan fingerprint density at radius 2 is 1.87 bits per heavy atom. The van der Waals surface area contributed by atoms with Crippen LogP contribution in [0.4, 0.5) is 0 Å². The standard InChI is InChI=1S/C19H29N3O6S2/c1-11(2)18-14(23)8-17(26)28-12-5-3-4-6-29-30-10-13(19(27)22-18)21-16(25)9-20-15(24)7-12/h3,5,11-14,18,23H,4,6-10H2,1-2H3,(H,20,24)(H,21,25)(H,22,27)/b5-3+/t12-,13-,14?,18-/m1/s1. The van der Waals surface area contributed by atoms with Gasteiger partial charge in [-0.3, -0.25) is 19.2 Å². The van der Waals surface area contributed by atoms with Crippen LogP contribution in [0, 0.1) is 5.92 Å². The molecule has 0 spiro atoms. The fourth-order valence-corrected chi connectivity index (χ4v) is 5.19. The van der Waals surface area contributed by atoms with Gasteiger partial charge in [0.15, 0.2) is 0 Å². The predicted octanol–water partition coefficient (Wildman–Crippen LogP) is 0.136. The third kappa shape index (κ3) is 8.19. The summed E-state index contributed by atoms with van der Waals surface area (Å²) in [5.41, 5.74) is 0. The Hall–Kier alpha value is -1.72. The maximum atomic E-state index is 12.9. The molecular weight excluding hydrogens is 430 g/mol. The van der Waals surface area contributed by atoms with Gasteiger partial charge >= 0.3 is 5.97 Å². The summed E-state index contributed by atoms with van der Waals surface area (Å²) in [5.74, 6) is -1.15. The molecule has 4 atom stereocenters. The highest BCUT2D eigenvalue weighted by Crippen LogP contribution is 2.24. The molecule has 3 amide bonds. The molecule has 0 aromatic rings. The highest BCUT2D eigenvalue weighted by atomic mass is 33.1. The lowest BCUT2D eigenvalue weighted by Crippen LogP contribution is -2.56. The number of carbonyl (C=O) groups is 4. The number of nitrogens with one attached hydrogen (secondary N) is 3. The number of amides is 3. The predicted molar refractivity (Wildman–Crippen MR) is 116 cm³/mol. The Kier molecular flexibility index (Phi) is 9.99. The molecule has 2 aliphatic heterocycles. The minimum absolute atomic E-state index is 0.137. The van der Waals surface area contributed by atoms with E-state index in [1.165, 1.54) is 10.8 Å². The molecule has 1 unspecified atom stereocenters. The molecule has 2 bridgehead atoms.